The van der Waals surface area contributed by atoms with Gasteiger partial charge in [0.05, 0.1) is 16.2 Å². The first-order valence-corrected chi connectivity index (χ1v) is 8.98. The Hall–Kier alpha value is -3.24. The van der Waals surface area contributed by atoms with Crippen LogP contribution in [0.25, 0.3) is 44.0 Å². The summed E-state index contributed by atoms with van der Waals surface area (Å²) in [5.74, 6) is -0.121. The molecule has 5 heteroatoms. The van der Waals surface area contributed by atoms with Crippen molar-refractivity contribution < 1.29 is 4.79 Å². The SMILES string of the molecule is CC(=O)n1c2cccc(Cl)c2c2cc(-c3cccc4ccccc34)nnc21. The van der Waals surface area contributed by atoms with Crippen molar-refractivity contribution in [2.24, 2.45) is 0 Å². The topological polar surface area (TPSA) is 47.8 Å². The Morgan fingerprint density at radius 3 is 2.56 bits per heavy atom. The standard InChI is InChI=1S/C22H14ClN3O/c1-13(27)26-20-11-5-10-18(23)21(20)17-12-19(24-25-22(17)26)16-9-4-7-14-6-2-3-8-15(14)16/h2-12H,1H3. The number of hydrogen-bond donors (Lipinski definition) is 0. The van der Waals surface area contributed by atoms with E-state index in [1.807, 2.05) is 48.5 Å². The van der Waals surface area contributed by atoms with Gasteiger partial charge in [-0.2, -0.15) is 0 Å². The van der Waals surface area contributed by atoms with Crippen LogP contribution in [0.4, 0.5) is 0 Å². The highest BCUT2D eigenvalue weighted by atomic mass is 35.5. The van der Waals surface area contributed by atoms with Crippen LogP contribution in [0, 0.1) is 0 Å². The van der Waals surface area contributed by atoms with Gasteiger partial charge in [-0.15, -0.1) is 10.2 Å². The van der Waals surface area contributed by atoms with Gasteiger partial charge in [0.2, 0.25) is 5.91 Å². The molecule has 0 aliphatic rings. The Balaban J connectivity index is 1.89. The van der Waals surface area contributed by atoms with Crippen LogP contribution in [-0.4, -0.2) is 20.7 Å². The molecule has 5 aromatic rings. The van der Waals surface area contributed by atoms with Gasteiger partial charge in [0.1, 0.15) is 0 Å². The van der Waals surface area contributed by atoms with Crippen LogP contribution in [0.1, 0.15) is 11.7 Å². The molecule has 0 saturated carbocycles. The van der Waals surface area contributed by atoms with Crippen molar-refractivity contribution in [3.05, 3.63) is 71.8 Å². The van der Waals surface area contributed by atoms with Crippen LogP contribution >= 0.6 is 11.6 Å². The van der Waals surface area contributed by atoms with E-state index in [4.69, 9.17) is 11.6 Å². The van der Waals surface area contributed by atoms with Gasteiger partial charge in [-0.1, -0.05) is 60.1 Å². The molecule has 0 radical (unpaired) electrons. The van der Waals surface area contributed by atoms with Gasteiger partial charge in [-0.25, -0.2) is 0 Å². The maximum Gasteiger partial charge on any atom is 0.229 e. The summed E-state index contributed by atoms with van der Waals surface area (Å²) in [6, 6.07) is 21.8. The number of carbonyl (C=O) groups excluding carboxylic acids is 1. The second-order valence-electron chi connectivity index (χ2n) is 6.48. The quantitative estimate of drug-likeness (QED) is 0.378. The highest BCUT2D eigenvalue weighted by Crippen LogP contribution is 2.35. The lowest BCUT2D eigenvalue weighted by atomic mass is 10.0. The first kappa shape index (κ1) is 16.0. The molecule has 130 valence electrons. The Labute approximate surface area is 160 Å². The van der Waals surface area contributed by atoms with Crippen LogP contribution in [0.15, 0.2) is 66.7 Å². The van der Waals surface area contributed by atoms with Crippen molar-refractivity contribution in [1.82, 2.24) is 14.8 Å². The fourth-order valence-corrected chi connectivity index (χ4v) is 3.98. The van der Waals surface area contributed by atoms with Crippen molar-refractivity contribution in [1.29, 1.82) is 0 Å². The minimum atomic E-state index is -0.121. The normalized spacial score (nSPS) is 11.5. The molecule has 0 unspecified atom stereocenters. The van der Waals surface area contributed by atoms with Crippen LogP contribution in [0.2, 0.25) is 5.02 Å². The summed E-state index contributed by atoms with van der Waals surface area (Å²) in [4.78, 5) is 12.2. The Morgan fingerprint density at radius 2 is 1.70 bits per heavy atom. The summed E-state index contributed by atoms with van der Waals surface area (Å²) in [5, 5.41) is 13.3. The average Bonchev–Trinajstić information content (AvgIpc) is 3.02. The molecule has 0 bridgehead atoms. The maximum absolute atomic E-state index is 12.2. The molecule has 2 aromatic heterocycles. The van der Waals surface area contributed by atoms with Gasteiger partial charge in [-0.05, 0) is 29.0 Å². The number of rotatable bonds is 1. The van der Waals surface area contributed by atoms with E-state index in [0.29, 0.717) is 10.7 Å². The molecule has 0 fully saturated rings. The number of nitrogens with zero attached hydrogens (tertiary/aromatic N) is 3. The lowest BCUT2D eigenvalue weighted by molar-refractivity contribution is 0.0945. The van der Waals surface area contributed by atoms with E-state index in [2.05, 4.69) is 28.4 Å². The van der Waals surface area contributed by atoms with Gasteiger partial charge < -0.3 is 0 Å². The van der Waals surface area contributed by atoms with Gasteiger partial charge in [-0.3, -0.25) is 9.36 Å². The molecule has 27 heavy (non-hydrogen) atoms. The third-order valence-corrected chi connectivity index (χ3v) is 5.18. The van der Waals surface area contributed by atoms with Gasteiger partial charge in [0.25, 0.3) is 0 Å². The molecule has 5 rings (SSSR count). The molecule has 0 N–H and O–H groups in total. The van der Waals surface area contributed by atoms with Gasteiger partial charge in [0, 0.05) is 23.3 Å². The van der Waals surface area contributed by atoms with Crippen LogP contribution in [0.5, 0.6) is 0 Å². The summed E-state index contributed by atoms with van der Waals surface area (Å²) in [5.41, 5.74) is 3.02. The lowest BCUT2D eigenvalue weighted by Crippen LogP contribution is -2.06. The van der Waals surface area contributed by atoms with Crippen LogP contribution in [0.3, 0.4) is 0 Å². The van der Waals surface area contributed by atoms with Crippen molar-refractivity contribution in [2.75, 3.05) is 0 Å². The fourth-order valence-electron chi connectivity index (χ4n) is 3.71. The Bertz CT molecular complexity index is 1370. The highest BCUT2D eigenvalue weighted by molar-refractivity contribution is 6.38. The minimum Gasteiger partial charge on any atom is -0.274 e. The summed E-state index contributed by atoms with van der Waals surface area (Å²) in [6.07, 6.45) is 0. The number of hydrogen-bond acceptors (Lipinski definition) is 3. The third kappa shape index (κ3) is 2.34. The number of halogens is 1. The summed E-state index contributed by atoms with van der Waals surface area (Å²) >= 11 is 6.47. The smallest absolute Gasteiger partial charge is 0.229 e. The molecule has 0 amide bonds. The molecular weight excluding hydrogens is 358 g/mol. The van der Waals surface area contributed by atoms with E-state index in [1.165, 1.54) is 6.92 Å². The molecule has 3 aromatic carbocycles. The van der Waals surface area contributed by atoms with E-state index >= 15 is 0 Å². The highest BCUT2D eigenvalue weighted by Gasteiger charge is 2.18. The number of aromatic nitrogens is 3. The summed E-state index contributed by atoms with van der Waals surface area (Å²) in [6.45, 7) is 1.51. The molecule has 4 nitrogen and oxygen atoms in total. The van der Waals surface area contributed by atoms with Crippen molar-refractivity contribution in [3.8, 4) is 11.3 Å². The maximum atomic E-state index is 12.2. The van der Waals surface area contributed by atoms with Gasteiger partial charge in [0.15, 0.2) is 5.65 Å². The van der Waals surface area contributed by atoms with Gasteiger partial charge >= 0.3 is 0 Å². The molecular formula is C22H14ClN3O. The predicted molar refractivity (Wildman–Crippen MR) is 109 cm³/mol. The van der Waals surface area contributed by atoms with E-state index in [1.54, 1.807) is 4.57 Å². The van der Waals surface area contributed by atoms with Crippen molar-refractivity contribution in [2.45, 2.75) is 6.92 Å². The van der Waals surface area contributed by atoms with E-state index in [0.717, 1.165) is 38.3 Å². The lowest BCUT2D eigenvalue weighted by Gasteiger charge is -2.06. The zero-order valence-corrected chi connectivity index (χ0v) is 15.2. The van der Waals surface area contributed by atoms with Crippen molar-refractivity contribution >= 4 is 50.2 Å². The molecule has 0 aliphatic heterocycles. The Kier molecular flexibility index (Phi) is 3.49. The fraction of sp³-hybridized carbons (Fsp3) is 0.0455. The van der Waals surface area contributed by atoms with Crippen LogP contribution < -0.4 is 0 Å². The monoisotopic (exact) mass is 371 g/mol. The Morgan fingerprint density at radius 1 is 0.926 bits per heavy atom. The van der Waals surface area contributed by atoms with E-state index in [9.17, 15) is 4.79 Å². The minimum absolute atomic E-state index is 0.121. The second kappa shape index (κ2) is 5.89. The van der Waals surface area contributed by atoms with E-state index < -0.39 is 0 Å². The van der Waals surface area contributed by atoms with Crippen molar-refractivity contribution in [3.63, 3.8) is 0 Å². The molecule has 0 aliphatic carbocycles. The predicted octanol–water partition coefficient (Wildman–Crippen LogP) is 5.72. The first-order valence-electron chi connectivity index (χ1n) is 8.60. The molecule has 0 spiro atoms. The number of carbonyl (C=O) groups is 1. The second-order valence-corrected chi connectivity index (χ2v) is 6.89. The number of fused-ring (bicyclic) bond motifs is 4. The largest absolute Gasteiger partial charge is 0.274 e. The molecule has 2 heterocycles. The zero-order chi connectivity index (χ0) is 18.5. The number of benzene rings is 3. The zero-order valence-electron chi connectivity index (χ0n) is 14.5. The van der Waals surface area contributed by atoms with Crippen LogP contribution in [-0.2, 0) is 0 Å². The average molecular weight is 372 g/mol. The third-order valence-electron chi connectivity index (χ3n) is 4.87. The first-order chi connectivity index (χ1) is 13.1. The van der Waals surface area contributed by atoms with E-state index in [-0.39, 0.29) is 5.91 Å². The molecule has 0 saturated heterocycles. The molecule has 0 atom stereocenters. The summed E-state index contributed by atoms with van der Waals surface area (Å²) < 4.78 is 1.57. The summed E-state index contributed by atoms with van der Waals surface area (Å²) in [7, 11) is 0.